The molecule has 3 nitrogen and oxygen atoms in total. The summed E-state index contributed by atoms with van der Waals surface area (Å²) < 4.78 is 5.58. The van der Waals surface area contributed by atoms with E-state index in [-0.39, 0.29) is 0 Å². The highest BCUT2D eigenvalue weighted by atomic mass is 16.4. The van der Waals surface area contributed by atoms with Crippen LogP contribution in [0, 0.1) is 0 Å². The second kappa shape index (κ2) is 4.34. The van der Waals surface area contributed by atoms with E-state index in [1.807, 2.05) is 24.3 Å². The molecule has 0 aliphatic heterocycles. The molecule has 1 aromatic heterocycles. The van der Waals surface area contributed by atoms with E-state index >= 15 is 0 Å². The summed E-state index contributed by atoms with van der Waals surface area (Å²) in [5.41, 5.74) is 1.75. The third-order valence-corrected chi connectivity index (χ3v) is 2.61. The van der Waals surface area contributed by atoms with Crippen LogP contribution in [-0.2, 0) is 0 Å². The zero-order chi connectivity index (χ0) is 10.7. The summed E-state index contributed by atoms with van der Waals surface area (Å²) in [6.07, 6.45) is 2.16. The summed E-state index contributed by atoms with van der Waals surface area (Å²) in [4.78, 5) is 4.37. The molecule has 1 aromatic carbocycles. The molecule has 0 saturated heterocycles. The Hall–Kier alpha value is -1.51. The number of para-hydroxylation sites is 2. The van der Waals surface area contributed by atoms with Crippen LogP contribution in [0.4, 0.5) is 6.01 Å². The lowest BCUT2D eigenvalue weighted by Crippen LogP contribution is -2.16. The van der Waals surface area contributed by atoms with Gasteiger partial charge in [-0.3, -0.25) is 0 Å². The minimum absolute atomic E-state index is 0.443. The van der Waals surface area contributed by atoms with Crippen LogP contribution in [0.3, 0.4) is 0 Å². The Morgan fingerprint density at radius 3 is 2.67 bits per heavy atom. The summed E-state index contributed by atoms with van der Waals surface area (Å²) in [5.74, 6) is 0. The number of nitrogens with one attached hydrogen (secondary N) is 1. The molecule has 2 rings (SSSR count). The smallest absolute Gasteiger partial charge is 0.295 e. The molecular formula is C12H16N2O. The van der Waals surface area contributed by atoms with Gasteiger partial charge in [0.2, 0.25) is 0 Å². The monoisotopic (exact) mass is 204 g/mol. The van der Waals surface area contributed by atoms with Gasteiger partial charge in [-0.25, -0.2) is 0 Å². The van der Waals surface area contributed by atoms with Gasteiger partial charge in [-0.05, 0) is 25.0 Å². The van der Waals surface area contributed by atoms with Gasteiger partial charge in [-0.15, -0.1) is 0 Å². The van der Waals surface area contributed by atoms with Gasteiger partial charge in [-0.1, -0.05) is 26.0 Å². The van der Waals surface area contributed by atoms with Crippen LogP contribution >= 0.6 is 0 Å². The van der Waals surface area contributed by atoms with Crippen LogP contribution in [0.1, 0.15) is 26.7 Å². The van der Waals surface area contributed by atoms with Crippen LogP contribution in [0.15, 0.2) is 28.7 Å². The van der Waals surface area contributed by atoms with Gasteiger partial charge in [0.25, 0.3) is 6.01 Å². The first-order valence-electron chi connectivity index (χ1n) is 5.45. The molecule has 0 aliphatic rings. The van der Waals surface area contributed by atoms with E-state index in [4.69, 9.17) is 4.42 Å². The molecule has 2 aromatic rings. The largest absolute Gasteiger partial charge is 0.424 e. The number of benzene rings is 1. The minimum atomic E-state index is 0.443. The maximum Gasteiger partial charge on any atom is 0.295 e. The molecule has 80 valence electrons. The average molecular weight is 204 g/mol. The maximum atomic E-state index is 5.58. The highest BCUT2D eigenvalue weighted by molar-refractivity contribution is 5.74. The molecule has 0 atom stereocenters. The highest BCUT2D eigenvalue weighted by Crippen LogP contribution is 2.19. The van der Waals surface area contributed by atoms with Crippen molar-refractivity contribution >= 4 is 17.1 Å². The number of hydrogen-bond acceptors (Lipinski definition) is 3. The molecule has 0 saturated carbocycles. The first-order chi connectivity index (χ1) is 7.33. The van der Waals surface area contributed by atoms with Gasteiger partial charge in [0.15, 0.2) is 5.58 Å². The Kier molecular flexibility index (Phi) is 2.90. The van der Waals surface area contributed by atoms with Crippen molar-refractivity contribution in [3.63, 3.8) is 0 Å². The molecule has 0 aliphatic carbocycles. The Morgan fingerprint density at radius 1 is 1.27 bits per heavy atom. The molecular weight excluding hydrogens is 188 g/mol. The molecule has 3 heteroatoms. The Bertz CT molecular complexity index is 399. The van der Waals surface area contributed by atoms with Crippen molar-refractivity contribution in [1.82, 2.24) is 4.98 Å². The predicted molar refractivity (Wildman–Crippen MR) is 62.0 cm³/mol. The van der Waals surface area contributed by atoms with Crippen LogP contribution in [0.25, 0.3) is 11.1 Å². The standard InChI is InChI=1S/C12H16N2O/c1-3-9(4-2)13-12-14-10-7-5-6-8-11(10)15-12/h5-9H,3-4H2,1-2H3,(H,13,14). The molecule has 1 N–H and O–H groups in total. The van der Waals surface area contributed by atoms with Gasteiger partial charge in [0, 0.05) is 6.04 Å². The Morgan fingerprint density at radius 2 is 2.00 bits per heavy atom. The fourth-order valence-corrected chi connectivity index (χ4v) is 1.60. The quantitative estimate of drug-likeness (QED) is 0.829. The van der Waals surface area contributed by atoms with E-state index in [0.717, 1.165) is 23.9 Å². The number of hydrogen-bond donors (Lipinski definition) is 1. The van der Waals surface area contributed by atoms with E-state index in [0.29, 0.717) is 12.1 Å². The summed E-state index contributed by atoms with van der Waals surface area (Å²) in [5, 5.41) is 3.29. The van der Waals surface area contributed by atoms with E-state index in [1.54, 1.807) is 0 Å². The van der Waals surface area contributed by atoms with E-state index in [9.17, 15) is 0 Å². The summed E-state index contributed by atoms with van der Waals surface area (Å²) in [6, 6.07) is 8.88. The maximum absolute atomic E-state index is 5.58. The number of oxazole rings is 1. The lowest BCUT2D eigenvalue weighted by molar-refractivity contribution is 0.578. The summed E-state index contributed by atoms with van der Waals surface area (Å²) in [7, 11) is 0. The fourth-order valence-electron chi connectivity index (χ4n) is 1.60. The van der Waals surface area contributed by atoms with Crippen LogP contribution in [-0.4, -0.2) is 11.0 Å². The number of nitrogens with zero attached hydrogens (tertiary/aromatic N) is 1. The first-order valence-corrected chi connectivity index (χ1v) is 5.45. The molecule has 0 unspecified atom stereocenters. The molecule has 15 heavy (non-hydrogen) atoms. The topological polar surface area (TPSA) is 38.1 Å². The number of fused-ring (bicyclic) bond motifs is 1. The lowest BCUT2D eigenvalue weighted by atomic mass is 10.2. The van der Waals surface area contributed by atoms with E-state index in [2.05, 4.69) is 24.1 Å². The molecule has 0 fully saturated rings. The molecule has 1 heterocycles. The minimum Gasteiger partial charge on any atom is -0.424 e. The third-order valence-electron chi connectivity index (χ3n) is 2.61. The van der Waals surface area contributed by atoms with Crippen molar-refractivity contribution in [3.05, 3.63) is 24.3 Å². The predicted octanol–water partition coefficient (Wildman–Crippen LogP) is 3.43. The van der Waals surface area contributed by atoms with Crippen molar-refractivity contribution in [2.45, 2.75) is 32.7 Å². The number of anilines is 1. The summed E-state index contributed by atoms with van der Waals surface area (Å²) in [6.45, 7) is 4.31. The summed E-state index contributed by atoms with van der Waals surface area (Å²) >= 11 is 0. The first kappa shape index (κ1) is 10.0. The van der Waals surface area contributed by atoms with Crippen molar-refractivity contribution < 1.29 is 4.42 Å². The zero-order valence-corrected chi connectivity index (χ0v) is 9.16. The van der Waals surface area contributed by atoms with Gasteiger partial charge in [-0.2, -0.15) is 4.98 Å². The fraction of sp³-hybridized carbons (Fsp3) is 0.417. The molecule has 0 bridgehead atoms. The van der Waals surface area contributed by atoms with Gasteiger partial charge >= 0.3 is 0 Å². The SMILES string of the molecule is CCC(CC)Nc1nc2ccccc2o1. The van der Waals surface area contributed by atoms with Crippen molar-refractivity contribution in [1.29, 1.82) is 0 Å². The normalized spacial score (nSPS) is 11.1. The second-order valence-corrected chi connectivity index (χ2v) is 3.64. The van der Waals surface area contributed by atoms with Crippen molar-refractivity contribution in [3.8, 4) is 0 Å². The highest BCUT2D eigenvalue weighted by Gasteiger charge is 2.08. The van der Waals surface area contributed by atoms with Crippen molar-refractivity contribution in [2.75, 3.05) is 5.32 Å². The molecule has 0 spiro atoms. The van der Waals surface area contributed by atoms with Crippen LogP contribution < -0.4 is 5.32 Å². The third kappa shape index (κ3) is 2.12. The Balaban J connectivity index is 2.21. The molecule has 0 amide bonds. The van der Waals surface area contributed by atoms with Gasteiger partial charge in [0.05, 0.1) is 0 Å². The van der Waals surface area contributed by atoms with Crippen LogP contribution in [0.2, 0.25) is 0 Å². The van der Waals surface area contributed by atoms with Crippen molar-refractivity contribution in [2.24, 2.45) is 0 Å². The number of aromatic nitrogens is 1. The van der Waals surface area contributed by atoms with E-state index in [1.165, 1.54) is 0 Å². The lowest BCUT2D eigenvalue weighted by Gasteiger charge is -2.11. The van der Waals surface area contributed by atoms with E-state index < -0.39 is 0 Å². The Labute approximate surface area is 89.5 Å². The van der Waals surface area contributed by atoms with Gasteiger partial charge in [0.1, 0.15) is 5.52 Å². The van der Waals surface area contributed by atoms with Gasteiger partial charge < -0.3 is 9.73 Å². The van der Waals surface area contributed by atoms with Crippen LogP contribution in [0.5, 0.6) is 0 Å². The zero-order valence-electron chi connectivity index (χ0n) is 9.16. The number of rotatable bonds is 4. The second-order valence-electron chi connectivity index (χ2n) is 3.64. The average Bonchev–Trinajstić information content (AvgIpc) is 2.68. The molecule has 0 radical (unpaired) electrons.